The minimum atomic E-state index is -4.32. The lowest BCUT2D eigenvalue weighted by molar-refractivity contribution is 0.234. The Morgan fingerprint density at radius 2 is 1.53 bits per heavy atom. The molecule has 0 aliphatic rings. The molecule has 96 valence electrons. The summed E-state index contributed by atoms with van der Waals surface area (Å²) in [6, 6.07) is 6.77. The molecule has 0 atom stereocenters. The molecule has 0 fully saturated rings. The van der Waals surface area contributed by atoms with Gasteiger partial charge in [0, 0.05) is 0 Å². The summed E-state index contributed by atoms with van der Waals surface area (Å²) in [5.74, 6) is -3.41. The summed E-state index contributed by atoms with van der Waals surface area (Å²) in [5, 5.41) is 0. The molecule has 1 aromatic carbocycles. The zero-order chi connectivity index (χ0) is 13.1. The molecule has 0 heterocycles. The van der Waals surface area contributed by atoms with Gasteiger partial charge in [0.05, 0.1) is 5.75 Å². The second kappa shape index (κ2) is 5.58. The first-order valence-corrected chi connectivity index (χ1v) is 7.10. The summed E-state index contributed by atoms with van der Waals surface area (Å²) in [4.78, 5) is 0. The zero-order valence-electron chi connectivity index (χ0n) is 9.86. The van der Waals surface area contributed by atoms with Gasteiger partial charge in [0.1, 0.15) is 0 Å². The quantitative estimate of drug-likeness (QED) is 0.817. The number of hydrogen-bond donors (Lipinski definition) is 0. The molecular weight excluding hydrogens is 246 g/mol. The van der Waals surface area contributed by atoms with Gasteiger partial charge in [-0.3, -0.25) is 0 Å². The molecule has 0 amide bonds. The molecule has 17 heavy (non-hydrogen) atoms. The van der Waals surface area contributed by atoms with E-state index in [-0.39, 0.29) is 0 Å². The van der Waals surface area contributed by atoms with Crippen LogP contribution in [0.15, 0.2) is 24.3 Å². The van der Waals surface area contributed by atoms with Gasteiger partial charge >= 0.3 is 5.76 Å². The fourth-order valence-electron chi connectivity index (χ4n) is 1.54. The molecule has 5 heteroatoms. The molecule has 0 aromatic heterocycles. The SMILES string of the molecule is CC(C)Cc1ccc(CS(=O)(=O)C(F)F)cc1. The van der Waals surface area contributed by atoms with E-state index in [0.29, 0.717) is 11.5 Å². The summed E-state index contributed by atoms with van der Waals surface area (Å²) in [7, 11) is -4.32. The van der Waals surface area contributed by atoms with Crippen LogP contribution < -0.4 is 0 Å². The average Bonchev–Trinajstić information content (AvgIpc) is 2.19. The van der Waals surface area contributed by atoms with Crippen LogP contribution in [-0.4, -0.2) is 14.2 Å². The monoisotopic (exact) mass is 262 g/mol. The van der Waals surface area contributed by atoms with E-state index in [2.05, 4.69) is 13.8 Å². The summed E-state index contributed by atoms with van der Waals surface area (Å²) in [5.41, 5.74) is 1.48. The molecule has 0 aliphatic carbocycles. The fraction of sp³-hybridized carbons (Fsp3) is 0.500. The largest absolute Gasteiger partial charge is 0.337 e. The van der Waals surface area contributed by atoms with Crippen LogP contribution in [0.5, 0.6) is 0 Å². The lowest BCUT2D eigenvalue weighted by atomic mass is 10.0. The first kappa shape index (κ1) is 14.1. The number of hydrogen-bond acceptors (Lipinski definition) is 2. The van der Waals surface area contributed by atoms with Gasteiger partial charge in [0.25, 0.3) is 0 Å². The normalized spacial score (nSPS) is 12.4. The number of benzene rings is 1. The molecule has 0 aliphatic heterocycles. The highest BCUT2D eigenvalue weighted by Gasteiger charge is 2.24. The van der Waals surface area contributed by atoms with E-state index < -0.39 is 21.3 Å². The summed E-state index contributed by atoms with van der Waals surface area (Å²) in [6.07, 6.45) is 0.891. The Morgan fingerprint density at radius 1 is 1.06 bits per heavy atom. The van der Waals surface area contributed by atoms with Crippen molar-refractivity contribution in [1.29, 1.82) is 0 Å². The molecule has 0 radical (unpaired) electrons. The van der Waals surface area contributed by atoms with Crippen molar-refractivity contribution in [2.45, 2.75) is 31.8 Å². The smallest absolute Gasteiger partial charge is 0.223 e. The van der Waals surface area contributed by atoms with E-state index in [1.165, 1.54) is 0 Å². The van der Waals surface area contributed by atoms with Crippen LogP contribution in [-0.2, 0) is 22.0 Å². The van der Waals surface area contributed by atoms with Crippen molar-refractivity contribution in [2.24, 2.45) is 5.92 Å². The molecular formula is C12H16F2O2S. The second-order valence-electron chi connectivity index (χ2n) is 4.48. The number of rotatable bonds is 5. The highest BCUT2D eigenvalue weighted by molar-refractivity contribution is 7.90. The standard InChI is InChI=1S/C12H16F2O2S/c1-9(2)7-10-3-5-11(6-4-10)8-17(15,16)12(13)14/h3-6,9,12H,7-8H2,1-2H3. The Morgan fingerprint density at radius 3 is 1.94 bits per heavy atom. The molecule has 1 rings (SSSR count). The Bertz CT molecular complexity index is 450. The maximum atomic E-state index is 12.2. The highest BCUT2D eigenvalue weighted by Crippen LogP contribution is 2.15. The first-order chi connectivity index (χ1) is 7.81. The lowest BCUT2D eigenvalue weighted by Crippen LogP contribution is -2.13. The number of halogens is 2. The molecule has 0 spiro atoms. The Kier molecular flexibility index (Phi) is 4.62. The molecule has 0 saturated heterocycles. The first-order valence-electron chi connectivity index (χ1n) is 5.39. The van der Waals surface area contributed by atoms with Crippen molar-refractivity contribution in [3.63, 3.8) is 0 Å². The molecule has 0 unspecified atom stereocenters. The van der Waals surface area contributed by atoms with Gasteiger partial charge in [-0.1, -0.05) is 38.1 Å². The van der Waals surface area contributed by atoms with Gasteiger partial charge in [-0.25, -0.2) is 8.42 Å². The van der Waals surface area contributed by atoms with Gasteiger partial charge in [-0.2, -0.15) is 8.78 Å². The molecule has 0 bridgehead atoms. The van der Waals surface area contributed by atoms with E-state index >= 15 is 0 Å². The van der Waals surface area contributed by atoms with Crippen molar-refractivity contribution in [2.75, 3.05) is 0 Å². The Balaban J connectivity index is 2.76. The predicted octanol–water partition coefficient (Wildman–Crippen LogP) is 3.02. The van der Waals surface area contributed by atoms with Crippen LogP contribution >= 0.6 is 0 Å². The molecule has 2 nitrogen and oxygen atoms in total. The van der Waals surface area contributed by atoms with Crippen molar-refractivity contribution in [1.82, 2.24) is 0 Å². The third-order valence-electron chi connectivity index (χ3n) is 2.31. The molecule has 1 aromatic rings. The van der Waals surface area contributed by atoms with Gasteiger partial charge < -0.3 is 0 Å². The van der Waals surface area contributed by atoms with Crippen molar-refractivity contribution < 1.29 is 17.2 Å². The van der Waals surface area contributed by atoms with Gasteiger partial charge in [-0.15, -0.1) is 0 Å². The van der Waals surface area contributed by atoms with Crippen LogP contribution in [0.3, 0.4) is 0 Å². The van der Waals surface area contributed by atoms with Crippen molar-refractivity contribution in [3.05, 3.63) is 35.4 Å². The topological polar surface area (TPSA) is 34.1 Å². The van der Waals surface area contributed by atoms with E-state index in [0.717, 1.165) is 12.0 Å². The van der Waals surface area contributed by atoms with E-state index in [1.54, 1.807) is 24.3 Å². The van der Waals surface area contributed by atoms with E-state index in [4.69, 9.17) is 0 Å². The number of alkyl halides is 2. The minimum Gasteiger partial charge on any atom is -0.223 e. The van der Waals surface area contributed by atoms with Crippen molar-refractivity contribution in [3.8, 4) is 0 Å². The van der Waals surface area contributed by atoms with Crippen molar-refractivity contribution >= 4 is 9.84 Å². The average molecular weight is 262 g/mol. The maximum Gasteiger partial charge on any atom is 0.337 e. The molecule has 0 N–H and O–H groups in total. The molecule has 0 saturated carbocycles. The Hall–Kier alpha value is -0.970. The van der Waals surface area contributed by atoms with E-state index in [9.17, 15) is 17.2 Å². The maximum absolute atomic E-state index is 12.2. The van der Waals surface area contributed by atoms with Gasteiger partial charge in [0.15, 0.2) is 0 Å². The van der Waals surface area contributed by atoms with E-state index in [1.807, 2.05) is 0 Å². The third-order valence-corrected chi connectivity index (χ3v) is 3.58. The Labute approximate surface area is 101 Å². The summed E-state index contributed by atoms with van der Waals surface area (Å²) in [6.45, 7) is 4.16. The summed E-state index contributed by atoms with van der Waals surface area (Å²) < 4.78 is 46.3. The highest BCUT2D eigenvalue weighted by atomic mass is 32.2. The minimum absolute atomic E-state index is 0.401. The number of sulfone groups is 1. The van der Waals surface area contributed by atoms with Crippen LogP contribution in [0, 0.1) is 5.92 Å². The lowest BCUT2D eigenvalue weighted by Gasteiger charge is -2.07. The zero-order valence-corrected chi connectivity index (χ0v) is 10.7. The summed E-state index contributed by atoms with van der Waals surface area (Å²) >= 11 is 0. The fourth-order valence-corrected chi connectivity index (χ4v) is 2.32. The van der Waals surface area contributed by atoms with Crippen LogP contribution in [0.25, 0.3) is 0 Å². The van der Waals surface area contributed by atoms with Crippen LogP contribution in [0.4, 0.5) is 8.78 Å². The second-order valence-corrected chi connectivity index (χ2v) is 6.45. The van der Waals surface area contributed by atoms with Gasteiger partial charge in [-0.05, 0) is 23.5 Å². The predicted molar refractivity (Wildman–Crippen MR) is 63.6 cm³/mol. The van der Waals surface area contributed by atoms with Crippen LogP contribution in [0.1, 0.15) is 25.0 Å². The van der Waals surface area contributed by atoms with Crippen LogP contribution in [0.2, 0.25) is 0 Å². The van der Waals surface area contributed by atoms with Gasteiger partial charge in [0.2, 0.25) is 9.84 Å². The third kappa shape index (κ3) is 4.42.